The van der Waals surface area contributed by atoms with Crippen molar-refractivity contribution in [1.29, 1.82) is 0 Å². The second kappa shape index (κ2) is 5.40. The van der Waals surface area contributed by atoms with E-state index in [1.165, 1.54) is 12.3 Å². The van der Waals surface area contributed by atoms with Gasteiger partial charge in [0, 0.05) is 10.9 Å². The Kier molecular flexibility index (Phi) is 3.42. The van der Waals surface area contributed by atoms with Crippen LogP contribution in [0, 0.1) is 13.8 Å². The molecule has 0 fully saturated rings. The first-order chi connectivity index (χ1) is 10.6. The van der Waals surface area contributed by atoms with Gasteiger partial charge in [-0.25, -0.2) is 0 Å². The average molecular weight is 298 g/mol. The van der Waals surface area contributed by atoms with Crippen LogP contribution in [-0.2, 0) is 0 Å². The van der Waals surface area contributed by atoms with Gasteiger partial charge in [-0.2, -0.15) is 0 Å². The maximum atomic E-state index is 12.2. The van der Waals surface area contributed by atoms with E-state index in [-0.39, 0.29) is 5.76 Å². The Hall–Kier alpha value is -3.02. The molecule has 1 aromatic carbocycles. The molecule has 2 heterocycles. The summed E-state index contributed by atoms with van der Waals surface area (Å²) in [6, 6.07) is 8.89. The van der Waals surface area contributed by atoms with Gasteiger partial charge in [0.2, 0.25) is 0 Å². The average Bonchev–Trinajstić information content (AvgIpc) is 3.09. The van der Waals surface area contributed by atoms with Gasteiger partial charge in [-0.05, 0) is 26.0 Å². The molecule has 2 aromatic heterocycles. The fourth-order valence-electron chi connectivity index (χ4n) is 2.25. The van der Waals surface area contributed by atoms with Crippen molar-refractivity contribution in [2.75, 3.05) is 0 Å². The second-order valence-corrected chi connectivity index (χ2v) is 4.85. The summed E-state index contributed by atoms with van der Waals surface area (Å²) in [7, 11) is 0. The molecule has 0 saturated heterocycles. The monoisotopic (exact) mass is 298 g/mol. The molecule has 6 heteroatoms. The molecule has 22 heavy (non-hydrogen) atoms. The van der Waals surface area contributed by atoms with Gasteiger partial charge in [0.15, 0.2) is 5.76 Å². The number of nitrogens with one attached hydrogen (secondary N) is 2. The van der Waals surface area contributed by atoms with E-state index in [1.54, 1.807) is 19.9 Å². The minimum absolute atomic E-state index is 0.172. The van der Waals surface area contributed by atoms with E-state index in [0.717, 1.165) is 10.9 Å². The predicted molar refractivity (Wildman–Crippen MR) is 79.3 cm³/mol. The molecular weight excluding hydrogens is 284 g/mol. The Morgan fingerprint density at radius 2 is 1.73 bits per heavy atom. The number of fused-ring (bicyclic) bond motifs is 1. The van der Waals surface area contributed by atoms with Crippen molar-refractivity contribution >= 4 is 22.8 Å². The molecule has 2 amide bonds. The summed E-state index contributed by atoms with van der Waals surface area (Å²) < 4.78 is 10.6. The fourth-order valence-corrected chi connectivity index (χ4v) is 2.25. The lowest BCUT2D eigenvalue weighted by Crippen LogP contribution is -2.41. The molecule has 112 valence electrons. The Balaban J connectivity index is 1.75. The van der Waals surface area contributed by atoms with Crippen molar-refractivity contribution < 1.29 is 18.4 Å². The molecule has 0 radical (unpaired) electrons. The SMILES string of the molecule is Cc1occc1C(=O)NNC(=O)c1oc2ccccc2c1C. The molecule has 0 aliphatic rings. The fraction of sp³-hybridized carbons (Fsp3) is 0.125. The van der Waals surface area contributed by atoms with Crippen molar-refractivity contribution in [3.05, 3.63) is 59.2 Å². The van der Waals surface area contributed by atoms with Crippen LogP contribution < -0.4 is 10.9 Å². The number of carbonyl (C=O) groups excluding carboxylic acids is 2. The van der Waals surface area contributed by atoms with Gasteiger partial charge in [-0.1, -0.05) is 18.2 Å². The van der Waals surface area contributed by atoms with E-state index >= 15 is 0 Å². The second-order valence-electron chi connectivity index (χ2n) is 4.85. The smallest absolute Gasteiger partial charge is 0.305 e. The summed E-state index contributed by atoms with van der Waals surface area (Å²) in [5.74, 6) is -0.311. The molecular formula is C16H14N2O4. The van der Waals surface area contributed by atoms with Crippen LogP contribution >= 0.6 is 0 Å². The van der Waals surface area contributed by atoms with Gasteiger partial charge in [0.05, 0.1) is 11.8 Å². The molecule has 0 aliphatic carbocycles. The topological polar surface area (TPSA) is 84.5 Å². The number of hydrogen-bond donors (Lipinski definition) is 2. The first kappa shape index (κ1) is 13.9. The van der Waals surface area contributed by atoms with Crippen molar-refractivity contribution in [1.82, 2.24) is 10.9 Å². The number of rotatable bonds is 2. The zero-order chi connectivity index (χ0) is 15.7. The first-order valence-electron chi connectivity index (χ1n) is 6.71. The van der Waals surface area contributed by atoms with E-state index in [9.17, 15) is 9.59 Å². The molecule has 0 unspecified atom stereocenters. The maximum absolute atomic E-state index is 12.2. The normalized spacial score (nSPS) is 10.6. The lowest BCUT2D eigenvalue weighted by molar-refractivity contribution is 0.0830. The van der Waals surface area contributed by atoms with E-state index in [1.807, 2.05) is 18.2 Å². The third-order valence-electron chi connectivity index (χ3n) is 3.44. The van der Waals surface area contributed by atoms with Crippen molar-refractivity contribution in [2.24, 2.45) is 0 Å². The third kappa shape index (κ3) is 2.35. The van der Waals surface area contributed by atoms with Crippen LogP contribution in [0.25, 0.3) is 11.0 Å². The highest BCUT2D eigenvalue weighted by Crippen LogP contribution is 2.24. The van der Waals surface area contributed by atoms with Gasteiger partial charge in [0.1, 0.15) is 11.3 Å². The summed E-state index contributed by atoms with van der Waals surface area (Å²) >= 11 is 0. The van der Waals surface area contributed by atoms with Crippen molar-refractivity contribution in [3.8, 4) is 0 Å². The lowest BCUT2D eigenvalue weighted by atomic mass is 10.1. The van der Waals surface area contributed by atoms with Crippen molar-refractivity contribution in [3.63, 3.8) is 0 Å². The maximum Gasteiger partial charge on any atom is 0.305 e. The summed E-state index contributed by atoms with van der Waals surface area (Å²) in [5, 5.41) is 0.865. The summed E-state index contributed by atoms with van der Waals surface area (Å²) in [6.45, 7) is 3.46. The third-order valence-corrected chi connectivity index (χ3v) is 3.44. The quantitative estimate of drug-likeness (QED) is 0.712. The molecule has 3 aromatic rings. The molecule has 3 rings (SSSR count). The number of hydrogen-bond acceptors (Lipinski definition) is 4. The van der Waals surface area contributed by atoms with E-state index in [0.29, 0.717) is 16.9 Å². The number of benzene rings is 1. The predicted octanol–water partition coefficient (Wildman–Crippen LogP) is 2.72. The molecule has 0 aliphatic heterocycles. The number of para-hydroxylation sites is 1. The van der Waals surface area contributed by atoms with E-state index < -0.39 is 11.8 Å². The summed E-state index contributed by atoms with van der Waals surface area (Å²) in [4.78, 5) is 24.1. The van der Waals surface area contributed by atoms with E-state index in [4.69, 9.17) is 8.83 Å². The number of aryl methyl sites for hydroxylation is 2. The van der Waals surface area contributed by atoms with Crippen molar-refractivity contribution in [2.45, 2.75) is 13.8 Å². The molecule has 0 saturated carbocycles. The van der Waals surface area contributed by atoms with Gasteiger partial charge < -0.3 is 8.83 Å². The zero-order valence-corrected chi connectivity index (χ0v) is 12.1. The Morgan fingerprint density at radius 3 is 2.41 bits per heavy atom. The van der Waals surface area contributed by atoms with Crippen LogP contribution in [0.4, 0.5) is 0 Å². The highest BCUT2D eigenvalue weighted by Gasteiger charge is 2.18. The number of hydrazine groups is 1. The Labute approximate surface area is 126 Å². The largest absolute Gasteiger partial charge is 0.469 e. The van der Waals surface area contributed by atoms with Gasteiger partial charge in [-0.3, -0.25) is 20.4 Å². The molecule has 0 bridgehead atoms. The minimum atomic E-state index is -0.511. The highest BCUT2D eigenvalue weighted by molar-refractivity contribution is 6.01. The summed E-state index contributed by atoms with van der Waals surface area (Å²) in [5.41, 5.74) is 6.39. The van der Waals surface area contributed by atoms with E-state index in [2.05, 4.69) is 10.9 Å². The zero-order valence-electron chi connectivity index (χ0n) is 12.1. The van der Waals surface area contributed by atoms with Crippen LogP contribution in [0.15, 0.2) is 45.4 Å². The lowest BCUT2D eigenvalue weighted by Gasteiger charge is -2.05. The summed E-state index contributed by atoms with van der Waals surface area (Å²) in [6.07, 6.45) is 1.41. The van der Waals surface area contributed by atoms with Crippen LogP contribution in [0.5, 0.6) is 0 Å². The molecule has 0 atom stereocenters. The van der Waals surface area contributed by atoms with Crippen LogP contribution in [-0.4, -0.2) is 11.8 Å². The minimum Gasteiger partial charge on any atom is -0.469 e. The van der Waals surface area contributed by atoms with Crippen LogP contribution in [0.1, 0.15) is 32.2 Å². The van der Waals surface area contributed by atoms with Gasteiger partial charge >= 0.3 is 5.91 Å². The van der Waals surface area contributed by atoms with Gasteiger partial charge in [0.25, 0.3) is 5.91 Å². The molecule has 0 spiro atoms. The Bertz CT molecular complexity index is 860. The first-order valence-corrected chi connectivity index (χ1v) is 6.71. The number of carbonyl (C=O) groups is 2. The highest BCUT2D eigenvalue weighted by atomic mass is 16.3. The number of furan rings is 2. The van der Waals surface area contributed by atoms with Gasteiger partial charge in [-0.15, -0.1) is 0 Å². The van der Waals surface area contributed by atoms with Crippen LogP contribution in [0.2, 0.25) is 0 Å². The molecule has 6 nitrogen and oxygen atoms in total. The van der Waals surface area contributed by atoms with Crippen LogP contribution in [0.3, 0.4) is 0 Å². The molecule has 2 N–H and O–H groups in total. The number of amides is 2. The standard InChI is InChI=1S/C16H14N2O4/c1-9-11-5-3-4-6-13(11)22-14(9)16(20)18-17-15(19)12-7-8-21-10(12)2/h3-8H,1-2H3,(H,17,19)(H,18,20). The Morgan fingerprint density at radius 1 is 1.00 bits per heavy atom.